The highest BCUT2D eigenvalue weighted by Crippen LogP contribution is 2.24. The fourth-order valence-corrected chi connectivity index (χ4v) is 2.59. The molecular weight excluding hydrogens is 310 g/mol. The minimum absolute atomic E-state index is 0.0769. The predicted octanol–water partition coefficient (Wildman–Crippen LogP) is 0.327. The Labute approximate surface area is 140 Å². The number of carbonyl (C=O) groups excluding carboxylic acids is 4. The SMILES string of the molecule is C/C1=C/C(=O)N(C2CCC(=O)NC2=O)C(=O)/C=C/C=C(\C)C1(C)N. The second kappa shape index (κ2) is 6.52. The quantitative estimate of drug-likeness (QED) is 0.673. The first-order valence-electron chi connectivity index (χ1n) is 7.68. The average Bonchev–Trinajstić information content (AvgIpc) is 2.48. The highest BCUT2D eigenvalue weighted by atomic mass is 16.2. The van der Waals surface area contributed by atoms with Gasteiger partial charge in [0.1, 0.15) is 6.04 Å². The van der Waals surface area contributed by atoms with Crippen LogP contribution in [0, 0.1) is 0 Å². The Bertz CT molecular complexity index is 701. The number of nitrogens with zero attached hydrogens (tertiary/aromatic N) is 1. The molecule has 2 aliphatic rings. The van der Waals surface area contributed by atoms with E-state index in [0.29, 0.717) is 5.57 Å². The minimum atomic E-state index is -1.01. The summed E-state index contributed by atoms with van der Waals surface area (Å²) in [6.45, 7) is 5.29. The molecular formula is C17H21N3O4. The van der Waals surface area contributed by atoms with Crippen LogP contribution in [0.5, 0.6) is 0 Å². The number of nitrogens with one attached hydrogen (secondary N) is 1. The smallest absolute Gasteiger partial charge is 0.254 e. The third-order valence-electron chi connectivity index (χ3n) is 4.56. The molecule has 4 amide bonds. The van der Waals surface area contributed by atoms with Gasteiger partial charge in [-0.2, -0.15) is 0 Å². The first-order valence-corrected chi connectivity index (χ1v) is 7.68. The third-order valence-corrected chi connectivity index (χ3v) is 4.56. The maximum atomic E-state index is 12.6. The van der Waals surface area contributed by atoms with Crippen LogP contribution in [-0.4, -0.2) is 40.1 Å². The fraction of sp³-hybridized carbons (Fsp3) is 0.412. The lowest BCUT2D eigenvalue weighted by molar-refractivity contribution is -0.150. The molecule has 1 fully saturated rings. The highest BCUT2D eigenvalue weighted by molar-refractivity contribution is 6.11. The van der Waals surface area contributed by atoms with Crippen molar-refractivity contribution in [3.05, 3.63) is 35.5 Å². The number of hydrogen-bond donors (Lipinski definition) is 2. The first kappa shape index (κ1) is 17.8. The predicted molar refractivity (Wildman–Crippen MR) is 87.3 cm³/mol. The Hall–Kier alpha value is -2.54. The molecule has 7 heteroatoms. The Kier molecular flexibility index (Phi) is 4.84. The lowest BCUT2D eigenvalue weighted by atomic mass is 9.85. The number of carbonyl (C=O) groups is 4. The van der Waals surface area contributed by atoms with E-state index in [2.05, 4.69) is 5.32 Å². The van der Waals surface area contributed by atoms with Gasteiger partial charge in [-0.15, -0.1) is 0 Å². The highest BCUT2D eigenvalue weighted by Gasteiger charge is 2.37. The number of nitrogens with two attached hydrogens (primary N) is 1. The van der Waals surface area contributed by atoms with Gasteiger partial charge < -0.3 is 5.73 Å². The zero-order valence-corrected chi connectivity index (χ0v) is 14.0. The molecule has 2 heterocycles. The van der Waals surface area contributed by atoms with Crippen molar-refractivity contribution in [3.8, 4) is 0 Å². The second-order valence-corrected chi connectivity index (χ2v) is 6.25. The zero-order valence-electron chi connectivity index (χ0n) is 14.0. The van der Waals surface area contributed by atoms with Gasteiger partial charge in [0.2, 0.25) is 11.8 Å². The van der Waals surface area contributed by atoms with Gasteiger partial charge in [0.25, 0.3) is 11.8 Å². The van der Waals surface area contributed by atoms with E-state index in [0.717, 1.165) is 10.5 Å². The van der Waals surface area contributed by atoms with Crippen LogP contribution in [0.3, 0.4) is 0 Å². The molecule has 0 aliphatic carbocycles. The van der Waals surface area contributed by atoms with Crippen LogP contribution < -0.4 is 11.1 Å². The molecule has 0 aromatic carbocycles. The van der Waals surface area contributed by atoms with Gasteiger partial charge in [-0.1, -0.05) is 12.2 Å². The van der Waals surface area contributed by atoms with E-state index in [4.69, 9.17) is 5.73 Å². The van der Waals surface area contributed by atoms with Crippen molar-refractivity contribution in [2.45, 2.75) is 45.2 Å². The van der Waals surface area contributed by atoms with Crippen LogP contribution in [0.25, 0.3) is 0 Å². The summed E-state index contributed by atoms with van der Waals surface area (Å²) in [6.07, 6.45) is 5.89. The standard InChI is InChI=1S/C17H21N3O4/c1-10-5-4-6-14(22)20(12-7-8-13(21)19-16(12)24)15(23)9-11(2)17(10,3)18/h4-6,9,12H,7-8,18H2,1-3H3,(H,19,21,24)/b6-4+,10-5+,11-9-. The largest absolute Gasteiger partial charge is 0.318 e. The van der Waals surface area contributed by atoms with Crippen LogP contribution in [0.1, 0.15) is 33.6 Å². The van der Waals surface area contributed by atoms with Crippen molar-refractivity contribution in [3.63, 3.8) is 0 Å². The summed E-state index contributed by atoms with van der Waals surface area (Å²) < 4.78 is 0. The Morgan fingerprint density at radius 1 is 1.17 bits per heavy atom. The number of rotatable bonds is 1. The average molecular weight is 331 g/mol. The van der Waals surface area contributed by atoms with Gasteiger partial charge in [0.15, 0.2) is 0 Å². The number of allylic oxidation sites excluding steroid dienone is 2. The molecule has 128 valence electrons. The number of amides is 4. The topological polar surface area (TPSA) is 110 Å². The lowest BCUT2D eigenvalue weighted by Gasteiger charge is -2.32. The molecule has 7 nitrogen and oxygen atoms in total. The number of hydrogen-bond acceptors (Lipinski definition) is 5. The van der Waals surface area contributed by atoms with Crippen LogP contribution in [-0.2, 0) is 19.2 Å². The van der Waals surface area contributed by atoms with Crippen molar-refractivity contribution < 1.29 is 19.2 Å². The minimum Gasteiger partial charge on any atom is -0.318 e. The van der Waals surface area contributed by atoms with Gasteiger partial charge in [-0.25, -0.2) is 0 Å². The van der Waals surface area contributed by atoms with E-state index >= 15 is 0 Å². The molecule has 0 radical (unpaired) electrons. The van der Waals surface area contributed by atoms with Gasteiger partial charge in [-0.05, 0) is 38.3 Å². The van der Waals surface area contributed by atoms with Gasteiger partial charge in [0.05, 0.1) is 5.54 Å². The van der Waals surface area contributed by atoms with Crippen LogP contribution in [0.4, 0.5) is 0 Å². The van der Waals surface area contributed by atoms with E-state index in [1.54, 1.807) is 19.9 Å². The van der Waals surface area contributed by atoms with E-state index < -0.39 is 35.2 Å². The van der Waals surface area contributed by atoms with E-state index in [1.165, 1.54) is 18.2 Å². The van der Waals surface area contributed by atoms with E-state index in [1.807, 2.05) is 6.92 Å². The van der Waals surface area contributed by atoms with Gasteiger partial charge in [-0.3, -0.25) is 29.4 Å². The molecule has 2 unspecified atom stereocenters. The maximum absolute atomic E-state index is 12.6. The summed E-state index contributed by atoms with van der Waals surface area (Å²) in [6, 6.07) is -1.01. The third kappa shape index (κ3) is 3.35. The lowest BCUT2D eigenvalue weighted by Crippen LogP contribution is -2.56. The normalized spacial score (nSPS) is 34.8. The molecule has 0 saturated carbocycles. The van der Waals surface area contributed by atoms with Crippen molar-refractivity contribution in [2.24, 2.45) is 5.73 Å². The van der Waals surface area contributed by atoms with Crippen molar-refractivity contribution in [1.82, 2.24) is 10.2 Å². The van der Waals surface area contributed by atoms with Gasteiger partial charge in [0, 0.05) is 18.6 Å². The van der Waals surface area contributed by atoms with Crippen molar-refractivity contribution in [2.75, 3.05) is 0 Å². The molecule has 2 rings (SSSR count). The Balaban J connectivity index is 2.47. The number of imide groups is 2. The Morgan fingerprint density at radius 3 is 2.46 bits per heavy atom. The van der Waals surface area contributed by atoms with Crippen LogP contribution >= 0.6 is 0 Å². The van der Waals surface area contributed by atoms with Gasteiger partial charge >= 0.3 is 0 Å². The molecule has 3 N–H and O–H groups in total. The monoisotopic (exact) mass is 331 g/mol. The Morgan fingerprint density at radius 2 is 1.83 bits per heavy atom. The van der Waals surface area contributed by atoms with Crippen LogP contribution in [0.15, 0.2) is 35.5 Å². The van der Waals surface area contributed by atoms with Crippen LogP contribution in [0.2, 0.25) is 0 Å². The van der Waals surface area contributed by atoms with E-state index in [-0.39, 0.29) is 12.8 Å². The molecule has 2 aliphatic heterocycles. The summed E-state index contributed by atoms with van der Waals surface area (Å²) in [4.78, 5) is 49.3. The number of piperidine rings is 1. The second-order valence-electron chi connectivity index (χ2n) is 6.25. The molecule has 0 aromatic rings. The summed E-state index contributed by atoms with van der Waals surface area (Å²) in [5.74, 6) is -2.29. The fourth-order valence-electron chi connectivity index (χ4n) is 2.59. The van der Waals surface area contributed by atoms with Crippen molar-refractivity contribution >= 4 is 23.6 Å². The molecule has 0 aromatic heterocycles. The molecule has 0 bridgehead atoms. The first-order chi connectivity index (χ1) is 11.1. The van der Waals surface area contributed by atoms with E-state index in [9.17, 15) is 19.2 Å². The van der Waals surface area contributed by atoms with Crippen molar-refractivity contribution in [1.29, 1.82) is 0 Å². The molecule has 0 spiro atoms. The molecule has 24 heavy (non-hydrogen) atoms. The summed E-state index contributed by atoms with van der Waals surface area (Å²) >= 11 is 0. The molecule has 1 saturated heterocycles. The molecule has 2 atom stereocenters. The summed E-state index contributed by atoms with van der Waals surface area (Å²) in [7, 11) is 0. The maximum Gasteiger partial charge on any atom is 0.254 e. The zero-order chi connectivity index (χ0) is 18.1. The summed E-state index contributed by atoms with van der Waals surface area (Å²) in [5, 5.41) is 2.16. The summed E-state index contributed by atoms with van der Waals surface area (Å²) in [5.41, 5.74) is 6.79.